The van der Waals surface area contributed by atoms with Gasteiger partial charge in [0.05, 0.1) is 17.0 Å². The molecule has 0 unspecified atom stereocenters. The fourth-order valence-electron chi connectivity index (χ4n) is 3.52. The molecule has 1 aliphatic carbocycles. The molecule has 186 valence electrons. The van der Waals surface area contributed by atoms with Crippen LogP contribution in [-0.4, -0.2) is 23.9 Å². The molecule has 0 amide bonds. The highest BCUT2D eigenvalue weighted by molar-refractivity contribution is 5.80. The minimum atomic E-state index is -5.17. The van der Waals surface area contributed by atoms with Crippen molar-refractivity contribution >= 4 is 5.97 Å². The number of carboxylic acid groups (broad SMARTS) is 1. The molecule has 0 radical (unpaired) electrons. The molecule has 3 rings (SSSR count). The van der Waals surface area contributed by atoms with E-state index in [2.05, 4.69) is 4.74 Å². The highest BCUT2D eigenvalue weighted by Crippen LogP contribution is 2.47. The van der Waals surface area contributed by atoms with Crippen LogP contribution in [-0.2, 0) is 17.1 Å². The monoisotopic (exact) mass is 500 g/mol. The minimum absolute atomic E-state index is 0.00896. The molecule has 0 bridgehead atoms. The van der Waals surface area contributed by atoms with Crippen molar-refractivity contribution < 1.29 is 54.2 Å². The van der Waals surface area contributed by atoms with Crippen LogP contribution in [0.15, 0.2) is 36.4 Å². The maximum Gasteiger partial charge on any atom is 0.422 e. The van der Waals surface area contributed by atoms with E-state index in [1.165, 1.54) is 0 Å². The Labute approximate surface area is 187 Å². The van der Waals surface area contributed by atoms with Gasteiger partial charge in [-0.05, 0) is 47.7 Å². The van der Waals surface area contributed by atoms with E-state index in [9.17, 15) is 49.4 Å². The summed E-state index contributed by atoms with van der Waals surface area (Å²) in [6.07, 6.45) is -13.6. The van der Waals surface area contributed by atoms with Crippen molar-refractivity contribution in [3.05, 3.63) is 53.1 Å². The highest BCUT2D eigenvalue weighted by Gasteiger charge is 2.39. The van der Waals surface area contributed by atoms with Crippen LogP contribution in [0.4, 0.5) is 39.5 Å². The molecule has 3 nitrogen and oxygen atoms in total. The molecule has 0 aliphatic heterocycles. The summed E-state index contributed by atoms with van der Waals surface area (Å²) < 4.78 is 124. The molecule has 34 heavy (non-hydrogen) atoms. The second kappa shape index (κ2) is 9.03. The third-order valence-electron chi connectivity index (χ3n) is 5.29. The Balaban J connectivity index is 2.21. The average Bonchev–Trinajstić information content (AvgIpc) is 3.52. The summed E-state index contributed by atoms with van der Waals surface area (Å²) in [7, 11) is 0. The largest absolute Gasteiger partial charge is 0.483 e. The molecule has 1 fully saturated rings. The standard InChI is InChI=1S/C22H17F9O3/c23-20(24,25)10-34-17-9-13(15(19(32)33)7-11-1-2-11)8-16(22(29,30)31)18(17)12-3-5-14(6-4-12)21(26,27)28/h3-6,8-9,11,15H,1-2,7,10H2,(H,32,33)/t15-/m0/s1. The Bertz CT molecular complexity index is 1030. The van der Waals surface area contributed by atoms with Gasteiger partial charge in [0.15, 0.2) is 6.61 Å². The number of ether oxygens (including phenoxy) is 1. The fraction of sp³-hybridized carbons (Fsp3) is 0.409. The first-order valence-electron chi connectivity index (χ1n) is 9.91. The SMILES string of the molecule is O=C(O)[C@@H](CC1CC1)c1cc(OCC(F)(F)F)c(-c2ccc(C(F)(F)F)cc2)c(C(F)(F)F)c1. The summed E-state index contributed by atoms with van der Waals surface area (Å²) in [4.78, 5) is 11.7. The summed E-state index contributed by atoms with van der Waals surface area (Å²) in [5.41, 5.74) is -4.47. The summed E-state index contributed by atoms with van der Waals surface area (Å²) in [6.45, 7) is -1.98. The Morgan fingerprint density at radius 1 is 0.941 bits per heavy atom. The number of alkyl halides is 9. The van der Waals surface area contributed by atoms with Gasteiger partial charge in [-0.2, -0.15) is 39.5 Å². The molecule has 1 atom stereocenters. The fourth-order valence-corrected chi connectivity index (χ4v) is 3.52. The molecular weight excluding hydrogens is 483 g/mol. The molecule has 0 spiro atoms. The number of carbonyl (C=O) groups is 1. The molecule has 12 heteroatoms. The van der Waals surface area contributed by atoms with Crippen molar-refractivity contribution in [3.8, 4) is 16.9 Å². The lowest BCUT2D eigenvalue weighted by atomic mass is 9.88. The molecule has 1 N–H and O–H groups in total. The Kier molecular flexibility index (Phi) is 6.82. The number of carboxylic acids is 1. The quantitative estimate of drug-likeness (QED) is 0.406. The van der Waals surface area contributed by atoms with E-state index in [-0.39, 0.29) is 12.3 Å². The van der Waals surface area contributed by atoms with Gasteiger partial charge in [0.1, 0.15) is 5.75 Å². The zero-order valence-corrected chi connectivity index (χ0v) is 17.1. The normalized spacial score (nSPS) is 15.8. The van der Waals surface area contributed by atoms with Crippen LogP contribution in [0.1, 0.15) is 41.9 Å². The number of rotatable bonds is 7. The summed E-state index contributed by atoms with van der Waals surface area (Å²) in [5.74, 6) is -3.85. The molecule has 2 aromatic rings. The second-order valence-corrected chi connectivity index (χ2v) is 7.99. The van der Waals surface area contributed by atoms with Crippen LogP contribution >= 0.6 is 0 Å². The summed E-state index contributed by atoms with van der Waals surface area (Å²) >= 11 is 0. The van der Waals surface area contributed by atoms with Gasteiger partial charge in [0.2, 0.25) is 0 Å². The first-order chi connectivity index (χ1) is 15.6. The Morgan fingerprint density at radius 3 is 1.97 bits per heavy atom. The maximum atomic E-state index is 14.0. The summed E-state index contributed by atoms with van der Waals surface area (Å²) in [6, 6.07) is 3.65. The van der Waals surface area contributed by atoms with Gasteiger partial charge in [0, 0.05) is 5.56 Å². The van der Waals surface area contributed by atoms with Crippen LogP contribution in [0, 0.1) is 5.92 Å². The highest BCUT2D eigenvalue weighted by atomic mass is 19.4. The minimum Gasteiger partial charge on any atom is -0.483 e. The molecule has 1 saturated carbocycles. The Morgan fingerprint density at radius 2 is 1.53 bits per heavy atom. The number of hydrogen-bond acceptors (Lipinski definition) is 2. The number of aliphatic carboxylic acids is 1. The van der Waals surface area contributed by atoms with Crippen molar-refractivity contribution in [2.45, 2.75) is 43.7 Å². The van der Waals surface area contributed by atoms with Crippen molar-refractivity contribution in [3.63, 3.8) is 0 Å². The lowest BCUT2D eigenvalue weighted by Gasteiger charge is -2.22. The number of benzene rings is 2. The van der Waals surface area contributed by atoms with Crippen LogP contribution in [0.25, 0.3) is 11.1 Å². The second-order valence-electron chi connectivity index (χ2n) is 7.99. The van der Waals surface area contributed by atoms with Gasteiger partial charge in [-0.3, -0.25) is 4.79 Å². The smallest absolute Gasteiger partial charge is 0.422 e. The van der Waals surface area contributed by atoms with E-state index >= 15 is 0 Å². The zero-order valence-electron chi connectivity index (χ0n) is 17.1. The van der Waals surface area contributed by atoms with E-state index in [4.69, 9.17) is 0 Å². The van der Waals surface area contributed by atoms with Gasteiger partial charge < -0.3 is 9.84 Å². The number of halogens is 9. The topological polar surface area (TPSA) is 46.5 Å². The van der Waals surface area contributed by atoms with Crippen molar-refractivity contribution in [1.29, 1.82) is 0 Å². The zero-order chi connectivity index (χ0) is 25.5. The number of hydrogen-bond donors (Lipinski definition) is 1. The molecule has 0 saturated heterocycles. The average molecular weight is 500 g/mol. The van der Waals surface area contributed by atoms with Crippen molar-refractivity contribution in [2.24, 2.45) is 5.92 Å². The lowest BCUT2D eigenvalue weighted by molar-refractivity contribution is -0.153. The van der Waals surface area contributed by atoms with E-state index in [0.29, 0.717) is 43.2 Å². The van der Waals surface area contributed by atoms with Crippen LogP contribution in [0.3, 0.4) is 0 Å². The summed E-state index contributed by atoms with van der Waals surface area (Å²) in [5, 5.41) is 9.53. The lowest BCUT2D eigenvalue weighted by Crippen LogP contribution is -2.21. The van der Waals surface area contributed by atoms with Crippen LogP contribution in [0.5, 0.6) is 5.75 Å². The van der Waals surface area contributed by atoms with Gasteiger partial charge >= 0.3 is 24.5 Å². The van der Waals surface area contributed by atoms with Gasteiger partial charge in [-0.1, -0.05) is 25.0 Å². The van der Waals surface area contributed by atoms with E-state index in [1.54, 1.807) is 0 Å². The van der Waals surface area contributed by atoms with E-state index in [0.717, 1.165) is 6.07 Å². The van der Waals surface area contributed by atoms with Crippen molar-refractivity contribution in [1.82, 2.24) is 0 Å². The van der Waals surface area contributed by atoms with Gasteiger partial charge in [-0.15, -0.1) is 0 Å². The first-order valence-corrected chi connectivity index (χ1v) is 9.91. The predicted molar refractivity (Wildman–Crippen MR) is 101 cm³/mol. The van der Waals surface area contributed by atoms with Gasteiger partial charge in [-0.25, -0.2) is 0 Å². The van der Waals surface area contributed by atoms with Crippen LogP contribution in [0.2, 0.25) is 0 Å². The molecule has 1 aliphatic rings. The third-order valence-corrected chi connectivity index (χ3v) is 5.29. The maximum absolute atomic E-state index is 14.0. The van der Waals surface area contributed by atoms with Crippen LogP contribution < -0.4 is 4.74 Å². The van der Waals surface area contributed by atoms with Crippen molar-refractivity contribution in [2.75, 3.05) is 6.61 Å². The Hall–Kier alpha value is -2.92. The molecular formula is C22H17F9O3. The predicted octanol–water partition coefficient (Wildman–Crippen LogP) is 7.30. The third kappa shape index (κ3) is 6.35. The first kappa shape index (κ1) is 25.7. The molecule has 2 aromatic carbocycles. The van der Waals surface area contributed by atoms with Gasteiger partial charge in [0.25, 0.3) is 0 Å². The molecule has 0 aromatic heterocycles. The van der Waals surface area contributed by atoms with E-state index in [1.807, 2.05) is 0 Å². The van der Waals surface area contributed by atoms with E-state index < -0.39 is 70.6 Å². The molecule has 0 heterocycles.